The van der Waals surface area contributed by atoms with E-state index in [0.717, 1.165) is 5.56 Å². The first-order valence-electron chi connectivity index (χ1n) is 3.61. The largest absolute Gasteiger partial charge is 0.309 e. The van der Waals surface area contributed by atoms with Gasteiger partial charge in [0.2, 0.25) is 0 Å². The number of hydrazine groups is 1. The number of hydrogen-bond acceptors (Lipinski definition) is 2. The third-order valence-electron chi connectivity index (χ3n) is 1.80. The number of carbonyl (C=O) groups excluding carboxylic acids is 1. The maximum atomic E-state index is 11.1. The second-order valence-electron chi connectivity index (χ2n) is 2.63. The number of nitrogens with one attached hydrogen (secondary N) is 1. The third kappa shape index (κ3) is 0.972. The molecule has 2 rings (SSSR count). The normalized spacial score (nSPS) is 15.3. The minimum Gasteiger partial charge on any atom is -0.263 e. The number of carbonyl (C=O) groups is 1. The standard InChI is InChI=1S/C8H6N2O2/c11-8-7-4-2-1-3-6(7)5-10(12)9-8/h1-4H,5H2/p+1. The number of nitroso groups, excluding NO2 is 1. The van der Waals surface area contributed by atoms with E-state index in [2.05, 4.69) is 5.43 Å². The molecule has 12 heavy (non-hydrogen) atoms. The predicted molar refractivity (Wildman–Crippen MR) is 41.2 cm³/mol. The number of amides is 1. The van der Waals surface area contributed by atoms with Crippen LogP contribution in [0.25, 0.3) is 0 Å². The predicted octanol–water partition coefficient (Wildman–Crippen LogP) is 0.624. The average molecular weight is 163 g/mol. The van der Waals surface area contributed by atoms with E-state index in [1.807, 2.05) is 6.07 Å². The number of hydrogen-bond donors (Lipinski definition) is 1. The van der Waals surface area contributed by atoms with Crippen LogP contribution >= 0.6 is 0 Å². The van der Waals surface area contributed by atoms with Crippen LogP contribution in [-0.4, -0.2) is 10.8 Å². The van der Waals surface area contributed by atoms with Crippen molar-refractivity contribution in [3.63, 3.8) is 0 Å². The van der Waals surface area contributed by atoms with Crippen LogP contribution in [0.1, 0.15) is 15.9 Å². The molecule has 0 aromatic heterocycles. The molecule has 0 fully saturated rings. The third-order valence-corrected chi connectivity index (χ3v) is 1.80. The van der Waals surface area contributed by atoms with E-state index in [1.165, 1.54) is 0 Å². The van der Waals surface area contributed by atoms with Crippen molar-refractivity contribution in [1.29, 1.82) is 0 Å². The fourth-order valence-corrected chi connectivity index (χ4v) is 1.25. The Hall–Kier alpha value is -1.71. The van der Waals surface area contributed by atoms with Gasteiger partial charge in [-0.05, 0) is 6.07 Å². The van der Waals surface area contributed by atoms with Crippen molar-refractivity contribution in [3.05, 3.63) is 40.3 Å². The van der Waals surface area contributed by atoms with Gasteiger partial charge < -0.3 is 0 Å². The first kappa shape index (κ1) is 6.97. The lowest BCUT2D eigenvalue weighted by Crippen LogP contribution is -2.37. The molecule has 0 radical (unpaired) electrons. The highest BCUT2D eigenvalue weighted by Crippen LogP contribution is 2.12. The van der Waals surface area contributed by atoms with Crippen molar-refractivity contribution in [2.45, 2.75) is 6.54 Å². The molecule has 60 valence electrons. The van der Waals surface area contributed by atoms with Gasteiger partial charge in [0.05, 0.1) is 10.5 Å². The molecule has 0 unspecified atom stereocenters. The van der Waals surface area contributed by atoms with Gasteiger partial charge in [0.25, 0.3) is 6.54 Å². The molecule has 0 aliphatic carbocycles. The van der Waals surface area contributed by atoms with Crippen molar-refractivity contribution in [3.8, 4) is 0 Å². The van der Waals surface area contributed by atoms with Gasteiger partial charge in [-0.2, -0.15) is 0 Å². The summed E-state index contributed by atoms with van der Waals surface area (Å²) in [5.41, 5.74) is 3.54. The van der Waals surface area contributed by atoms with E-state index in [4.69, 9.17) is 0 Å². The summed E-state index contributed by atoms with van der Waals surface area (Å²) in [7, 11) is 0. The Labute approximate surface area is 68.7 Å². The van der Waals surface area contributed by atoms with E-state index in [1.54, 1.807) is 18.2 Å². The highest BCUT2D eigenvalue weighted by atomic mass is 16.3. The van der Waals surface area contributed by atoms with Crippen LogP contribution in [0.3, 0.4) is 0 Å². The number of rotatable bonds is 0. The van der Waals surface area contributed by atoms with Crippen LogP contribution in [0, 0.1) is 4.91 Å². The molecule has 1 aromatic rings. The maximum Gasteiger partial charge on any atom is 0.309 e. The van der Waals surface area contributed by atoms with Gasteiger partial charge in [0.15, 0.2) is 0 Å². The molecule has 1 aliphatic rings. The van der Waals surface area contributed by atoms with Crippen molar-refractivity contribution in [1.82, 2.24) is 5.43 Å². The van der Waals surface area contributed by atoms with Crippen molar-refractivity contribution in [2.24, 2.45) is 0 Å². The first-order chi connectivity index (χ1) is 5.77. The topological polar surface area (TPSA) is 49.2 Å². The lowest BCUT2D eigenvalue weighted by Gasteiger charge is -2.07. The van der Waals surface area contributed by atoms with Gasteiger partial charge in [0.1, 0.15) is 4.87 Å². The lowest BCUT2D eigenvalue weighted by molar-refractivity contribution is -0.610. The number of benzene rings is 1. The van der Waals surface area contributed by atoms with Crippen molar-refractivity contribution >= 4 is 5.91 Å². The summed E-state index contributed by atoms with van der Waals surface area (Å²) in [6.45, 7) is 0.224. The Morgan fingerprint density at radius 1 is 1.33 bits per heavy atom. The summed E-state index contributed by atoms with van der Waals surface area (Å²) in [5.74, 6) is -0.327. The summed E-state index contributed by atoms with van der Waals surface area (Å²) in [6, 6.07) is 7.07. The summed E-state index contributed by atoms with van der Waals surface area (Å²) < 4.78 is 0. The smallest absolute Gasteiger partial charge is 0.263 e. The van der Waals surface area contributed by atoms with Crippen LogP contribution in [-0.2, 0) is 6.54 Å². The summed E-state index contributed by atoms with van der Waals surface area (Å²) >= 11 is 0. The zero-order valence-electron chi connectivity index (χ0n) is 6.28. The zero-order valence-corrected chi connectivity index (χ0v) is 6.28. The van der Waals surface area contributed by atoms with E-state index < -0.39 is 0 Å². The average Bonchev–Trinajstić information content (AvgIpc) is 2.04. The molecule has 0 saturated heterocycles. The van der Waals surface area contributed by atoms with Gasteiger partial charge in [-0.3, -0.25) is 4.79 Å². The minimum absolute atomic E-state index is 0.224. The van der Waals surface area contributed by atoms with E-state index in [0.29, 0.717) is 10.4 Å². The highest BCUT2D eigenvalue weighted by molar-refractivity contribution is 5.95. The van der Waals surface area contributed by atoms with Crippen LogP contribution in [0.15, 0.2) is 24.3 Å². The maximum absolute atomic E-state index is 11.1. The Morgan fingerprint density at radius 3 is 2.92 bits per heavy atom. The quantitative estimate of drug-likeness (QED) is 0.570. The molecule has 0 spiro atoms. The Kier molecular flexibility index (Phi) is 1.40. The lowest BCUT2D eigenvalue weighted by atomic mass is 10.1. The van der Waals surface area contributed by atoms with Gasteiger partial charge in [0, 0.05) is 5.56 Å². The fraction of sp³-hybridized carbons (Fsp3) is 0.125. The molecule has 1 aliphatic heterocycles. The molecule has 1 amide bonds. The van der Waals surface area contributed by atoms with E-state index in [-0.39, 0.29) is 12.5 Å². The molecule has 0 bridgehead atoms. The molecular weight excluding hydrogens is 156 g/mol. The van der Waals surface area contributed by atoms with Crippen LogP contribution < -0.4 is 5.43 Å². The Balaban J connectivity index is 2.54. The molecule has 1 aromatic carbocycles. The van der Waals surface area contributed by atoms with Crippen molar-refractivity contribution < 1.29 is 9.66 Å². The second-order valence-corrected chi connectivity index (χ2v) is 2.63. The van der Waals surface area contributed by atoms with E-state index >= 15 is 0 Å². The highest BCUT2D eigenvalue weighted by Gasteiger charge is 2.26. The minimum atomic E-state index is -0.327. The number of fused-ring (bicyclic) bond motifs is 1. The Bertz CT molecular complexity index is 360. The van der Waals surface area contributed by atoms with Gasteiger partial charge >= 0.3 is 5.91 Å². The zero-order chi connectivity index (χ0) is 8.55. The van der Waals surface area contributed by atoms with Gasteiger partial charge in [-0.25, -0.2) is 0 Å². The van der Waals surface area contributed by atoms with Gasteiger partial charge in [-0.15, -0.1) is 0 Å². The van der Waals surface area contributed by atoms with Crippen LogP contribution in [0.5, 0.6) is 0 Å². The van der Waals surface area contributed by atoms with Gasteiger partial charge in [-0.1, -0.05) is 23.6 Å². The Morgan fingerprint density at radius 2 is 2.08 bits per heavy atom. The summed E-state index contributed by atoms with van der Waals surface area (Å²) in [4.78, 5) is 22.5. The fourth-order valence-electron chi connectivity index (χ4n) is 1.25. The van der Waals surface area contributed by atoms with Crippen LogP contribution in [0.2, 0.25) is 0 Å². The SMILES string of the molecule is O=C1N[N+](=O)Cc2ccccc21. The molecule has 1 N–H and O–H groups in total. The second kappa shape index (κ2) is 2.41. The molecule has 1 heterocycles. The number of nitrogens with zero attached hydrogens (tertiary/aromatic N) is 1. The van der Waals surface area contributed by atoms with Crippen molar-refractivity contribution in [2.75, 3.05) is 0 Å². The molecule has 4 heteroatoms. The monoisotopic (exact) mass is 163 g/mol. The summed E-state index contributed by atoms with van der Waals surface area (Å²) in [6.07, 6.45) is 0. The molecule has 4 nitrogen and oxygen atoms in total. The molecule has 0 atom stereocenters. The molecule has 0 saturated carbocycles. The van der Waals surface area contributed by atoms with E-state index in [9.17, 15) is 9.70 Å². The van der Waals surface area contributed by atoms with Crippen LogP contribution in [0.4, 0.5) is 0 Å². The summed E-state index contributed by atoms with van der Waals surface area (Å²) in [5, 5.41) is 0. The first-order valence-corrected chi connectivity index (χ1v) is 3.61. The molecular formula is C8H7N2O2+.